The highest BCUT2D eigenvalue weighted by molar-refractivity contribution is 5.23. The van der Waals surface area contributed by atoms with Gasteiger partial charge in [0.1, 0.15) is 5.75 Å². The standard InChI is InChI=1S/C23H38O/c1-5-6-7-8-9-10-11-12-16-19-23(3,4)20-21(2)24-22-17-14-13-15-18-22/h13-15,17-18H,2,5-12,16,19-20H2,1,3-4H3. The summed E-state index contributed by atoms with van der Waals surface area (Å²) in [5, 5.41) is 0. The second-order valence-corrected chi connectivity index (χ2v) is 7.87. The van der Waals surface area contributed by atoms with Gasteiger partial charge < -0.3 is 4.74 Å². The second-order valence-electron chi connectivity index (χ2n) is 7.87. The molecule has 0 aromatic heterocycles. The van der Waals surface area contributed by atoms with E-state index in [-0.39, 0.29) is 5.41 Å². The van der Waals surface area contributed by atoms with Gasteiger partial charge in [0.25, 0.3) is 0 Å². The van der Waals surface area contributed by atoms with Gasteiger partial charge in [-0.2, -0.15) is 0 Å². The van der Waals surface area contributed by atoms with Crippen LogP contribution < -0.4 is 4.74 Å². The van der Waals surface area contributed by atoms with Crippen LogP contribution in [0.3, 0.4) is 0 Å². The fourth-order valence-corrected chi connectivity index (χ4v) is 3.23. The van der Waals surface area contributed by atoms with Crippen molar-refractivity contribution in [3.63, 3.8) is 0 Å². The third kappa shape index (κ3) is 10.5. The summed E-state index contributed by atoms with van der Waals surface area (Å²) in [5.41, 5.74) is 0.271. The Morgan fingerprint density at radius 3 is 2.00 bits per heavy atom. The van der Waals surface area contributed by atoms with Crippen LogP contribution in [-0.2, 0) is 0 Å². The molecule has 1 rings (SSSR count). The van der Waals surface area contributed by atoms with Crippen LogP contribution in [0.4, 0.5) is 0 Å². The van der Waals surface area contributed by atoms with Crippen LogP contribution in [0.5, 0.6) is 5.75 Å². The summed E-state index contributed by atoms with van der Waals surface area (Å²) in [4.78, 5) is 0. The number of unbranched alkanes of at least 4 members (excludes halogenated alkanes) is 8. The molecule has 1 heteroatoms. The Kier molecular flexibility index (Phi) is 10.5. The minimum absolute atomic E-state index is 0.271. The lowest BCUT2D eigenvalue weighted by molar-refractivity contribution is 0.268. The van der Waals surface area contributed by atoms with E-state index in [9.17, 15) is 0 Å². The highest BCUT2D eigenvalue weighted by atomic mass is 16.5. The number of hydrogen-bond acceptors (Lipinski definition) is 1. The highest BCUT2D eigenvalue weighted by Gasteiger charge is 2.19. The van der Waals surface area contributed by atoms with E-state index < -0.39 is 0 Å². The van der Waals surface area contributed by atoms with Crippen molar-refractivity contribution in [3.05, 3.63) is 42.7 Å². The van der Waals surface area contributed by atoms with E-state index in [1.807, 2.05) is 30.3 Å². The summed E-state index contributed by atoms with van der Waals surface area (Å²) in [6, 6.07) is 9.97. The van der Waals surface area contributed by atoms with Gasteiger partial charge in [-0.25, -0.2) is 0 Å². The van der Waals surface area contributed by atoms with E-state index in [2.05, 4.69) is 27.4 Å². The van der Waals surface area contributed by atoms with Crippen molar-refractivity contribution >= 4 is 0 Å². The summed E-state index contributed by atoms with van der Waals surface area (Å²) in [5.74, 6) is 1.77. The molecule has 0 bridgehead atoms. The van der Waals surface area contributed by atoms with Crippen LogP contribution in [0.1, 0.15) is 91.4 Å². The fraction of sp³-hybridized carbons (Fsp3) is 0.652. The molecule has 0 radical (unpaired) electrons. The van der Waals surface area contributed by atoms with Gasteiger partial charge in [-0.15, -0.1) is 0 Å². The molecule has 0 aliphatic rings. The maximum absolute atomic E-state index is 5.85. The zero-order valence-electron chi connectivity index (χ0n) is 16.3. The van der Waals surface area contributed by atoms with Crippen molar-refractivity contribution in [1.82, 2.24) is 0 Å². The average molecular weight is 331 g/mol. The molecule has 24 heavy (non-hydrogen) atoms. The Labute approximate surface area is 150 Å². The normalized spacial score (nSPS) is 11.5. The van der Waals surface area contributed by atoms with Gasteiger partial charge in [-0.3, -0.25) is 0 Å². The lowest BCUT2D eigenvalue weighted by Gasteiger charge is -2.25. The van der Waals surface area contributed by atoms with Crippen LogP contribution in [0, 0.1) is 5.41 Å². The first kappa shape index (κ1) is 20.8. The molecule has 0 spiro atoms. The topological polar surface area (TPSA) is 9.23 Å². The molecule has 1 aromatic carbocycles. The molecule has 1 nitrogen and oxygen atoms in total. The number of allylic oxidation sites excluding steroid dienone is 1. The fourth-order valence-electron chi connectivity index (χ4n) is 3.23. The van der Waals surface area contributed by atoms with Gasteiger partial charge in [0, 0.05) is 6.42 Å². The van der Waals surface area contributed by atoms with E-state index in [1.165, 1.54) is 64.2 Å². The van der Waals surface area contributed by atoms with Crippen molar-refractivity contribution in [1.29, 1.82) is 0 Å². The highest BCUT2D eigenvalue weighted by Crippen LogP contribution is 2.32. The van der Waals surface area contributed by atoms with Gasteiger partial charge in [0.05, 0.1) is 5.76 Å². The molecule has 0 saturated carbocycles. The molecule has 1 aromatic rings. The minimum Gasteiger partial charge on any atom is -0.462 e. The van der Waals surface area contributed by atoms with Crippen LogP contribution in [0.2, 0.25) is 0 Å². The zero-order valence-corrected chi connectivity index (χ0v) is 16.3. The number of rotatable bonds is 14. The molecule has 0 aliphatic carbocycles. The van der Waals surface area contributed by atoms with Crippen LogP contribution in [0.15, 0.2) is 42.7 Å². The average Bonchev–Trinajstić information content (AvgIpc) is 2.53. The molecule has 0 fully saturated rings. The van der Waals surface area contributed by atoms with Crippen molar-refractivity contribution < 1.29 is 4.74 Å². The van der Waals surface area contributed by atoms with Crippen molar-refractivity contribution in [2.24, 2.45) is 5.41 Å². The number of ether oxygens (including phenoxy) is 1. The first-order valence-corrected chi connectivity index (χ1v) is 9.94. The molecule has 0 heterocycles. The molecule has 0 aliphatic heterocycles. The van der Waals surface area contributed by atoms with E-state index in [4.69, 9.17) is 4.74 Å². The molecule has 0 saturated heterocycles. The third-order valence-electron chi connectivity index (χ3n) is 4.64. The van der Waals surface area contributed by atoms with Crippen molar-refractivity contribution in [2.45, 2.75) is 91.4 Å². The summed E-state index contributed by atoms with van der Waals surface area (Å²) in [7, 11) is 0. The molecule has 0 amide bonds. The summed E-state index contributed by atoms with van der Waals surface area (Å²) < 4.78 is 5.85. The van der Waals surface area contributed by atoms with E-state index in [1.54, 1.807) is 0 Å². The predicted molar refractivity (Wildman–Crippen MR) is 106 cm³/mol. The van der Waals surface area contributed by atoms with Crippen LogP contribution in [-0.4, -0.2) is 0 Å². The lowest BCUT2D eigenvalue weighted by Crippen LogP contribution is -2.14. The van der Waals surface area contributed by atoms with Gasteiger partial charge >= 0.3 is 0 Å². The monoisotopic (exact) mass is 330 g/mol. The van der Waals surface area contributed by atoms with Gasteiger partial charge in [-0.05, 0) is 24.0 Å². The predicted octanol–water partition coefficient (Wildman–Crippen LogP) is 7.92. The number of para-hydroxylation sites is 1. The summed E-state index contributed by atoms with van der Waals surface area (Å²) in [6.45, 7) is 11.0. The smallest absolute Gasteiger partial charge is 0.126 e. The minimum atomic E-state index is 0.271. The van der Waals surface area contributed by atoms with Gasteiger partial charge in [-0.1, -0.05) is 103 Å². The third-order valence-corrected chi connectivity index (χ3v) is 4.64. The second kappa shape index (κ2) is 12.2. The lowest BCUT2D eigenvalue weighted by atomic mass is 9.83. The molecule has 0 unspecified atom stereocenters. The Hall–Kier alpha value is -1.24. The Morgan fingerprint density at radius 2 is 1.42 bits per heavy atom. The maximum atomic E-state index is 5.85. The molecule has 0 N–H and O–H groups in total. The van der Waals surface area contributed by atoms with Gasteiger partial charge in [0.15, 0.2) is 0 Å². The summed E-state index contributed by atoms with van der Waals surface area (Å²) in [6.07, 6.45) is 14.7. The molecule has 136 valence electrons. The van der Waals surface area contributed by atoms with Crippen LogP contribution >= 0.6 is 0 Å². The largest absolute Gasteiger partial charge is 0.462 e. The van der Waals surface area contributed by atoms with E-state index in [0.29, 0.717) is 0 Å². The van der Waals surface area contributed by atoms with E-state index in [0.717, 1.165) is 17.9 Å². The van der Waals surface area contributed by atoms with Crippen molar-refractivity contribution in [2.75, 3.05) is 0 Å². The first-order chi connectivity index (χ1) is 11.5. The Morgan fingerprint density at radius 1 is 0.875 bits per heavy atom. The Bertz CT molecular complexity index is 433. The quantitative estimate of drug-likeness (QED) is 0.249. The van der Waals surface area contributed by atoms with Crippen LogP contribution in [0.25, 0.3) is 0 Å². The SMILES string of the molecule is C=C(CC(C)(C)CCCCCCCCCCC)Oc1ccccc1. The summed E-state index contributed by atoms with van der Waals surface area (Å²) >= 11 is 0. The number of benzene rings is 1. The molecule has 0 atom stereocenters. The van der Waals surface area contributed by atoms with Crippen molar-refractivity contribution in [3.8, 4) is 5.75 Å². The zero-order chi connectivity index (χ0) is 17.7. The first-order valence-electron chi connectivity index (χ1n) is 9.94. The maximum Gasteiger partial charge on any atom is 0.126 e. The molecular weight excluding hydrogens is 292 g/mol. The Balaban J connectivity index is 2.09. The molecular formula is C23H38O. The number of hydrogen-bond donors (Lipinski definition) is 0. The van der Waals surface area contributed by atoms with Gasteiger partial charge in [0.2, 0.25) is 0 Å². The van der Waals surface area contributed by atoms with E-state index >= 15 is 0 Å².